The first-order valence-electron chi connectivity index (χ1n) is 9.30. The second-order valence-electron chi connectivity index (χ2n) is 7.39. The summed E-state index contributed by atoms with van der Waals surface area (Å²) in [6.07, 6.45) is 10.1. The smallest absolute Gasteiger partial charge is 0.230 e. The van der Waals surface area contributed by atoms with E-state index in [-0.39, 0.29) is 35.3 Å². The summed E-state index contributed by atoms with van der Waals surface area (Å²) >= 11 is 1.97. The summed E-state index contributed by atoms with van der Waals surface area (Å²) in [7, 11) is 3.72. The Morgan fingerprint density at radius 1 is 1.28 bits per heavy atom. The van der Waals surface area contributed by atoms with Gasteiger partial charge in [0.1, 0.15) is 0 Å². The Balaban J connectivity index is 0.00000312. The van der Waals surface area contributed by atoms with Gasteiger partial charge in [-0.2, -0.15) is 11.8 Å². The van der Waals surface area contributed by atoms with Crippen molar-refractivity contribution in [1.29, 1.82) is 0 Å². The van der Waals surface area contributed by atoms with Crippen molar-refractivity contribution in [3.05, 3.63) is 0 Å². The van der Waals surface area contributed by atoms with E-state index >= 15 is 0 Å². The minimum atomic E-state index is -0.288. The molecule has 2 aliphatic rings. The molecule has 7 heteroatoms. The molecule has 2 N–H and O–H groups in total. The van der Waals surface area contributed by atoms with E-state index in [1.807, 2.05) is 25.9 Å². The number of aliphatic imine (C=N–C) groups is 1. The number of hydrogen-bond donors (Lipinski definition) is 2. The van der Waals surface area contributed by atoms with Crippen molar-refractivity contribution in [1.82, 2.24) is 15.5 Å². The van der Waals surface area contributed by atoms with E-state index in [4.69, 9.17) is 4.99 Å². The third-order valence-corrected chi connectivity index (χ3v) is 6.46. The van der Waals surface area contributed by atoms with Crippen LogP contribution >= 0.6 is 35.7 Å². The Hall–Kier alpha value is -0.180. The molecule has 2 fully saturated rings. The molecule has 0 radical (unpaired) electrons. The highest BCUT2D eigenvalue weighted by atomic mass is 127. The van der Waals surface area contributed by atoms with E-state index < -0.39 is 0 Å². The molecule has 0 aromatic carbocycles. The summed E-state index contributed by atoms with van der Waals surface area (Å²) in [6.45, 7) is 3.53. The molecule has 0 aromatic heterocycles. The fourth-order valence-corrected chi connectivity index (χ4v) is 4.79. The fraction of sp³-hybridized carbons (Fsp3) is 0.889. The molecule has 0 aromatic rings. The minimum absolute atomic E-state index is 0. The van der Waals surface area contributed by atoms with E-state index in [0.717, 1.165) is 43.4 Å². The topological polar surface area (TPSA) is 56.7 Å². The first-order valence-corrected chi connectivity index (χ1v) is 10.6. The van der Waals surface area contributed by atoms with Gasteiger partial charge in [-0.05, 0) is 45.3 Å². The van der Waals surface area contributed by atoms with Crippen LogP contribution in [-0.2, 0) is 4.79 Å². The Bertz CT molecular complexity index is 452. The Kier molecular flexibility index (Phi) is 9.92. The lowest BCUT2D eigenvalue weighted by molar-refractivity contribution is -0.138. The van der Waals surface area contributed by atoms with Crippen molar-refractivity contribution in [3.8, 4) is 0 Å². The predicted octanol–water partition coefficient (Wildman–Crippen LogP) is 3.09. The number of halogens is 1. The van der Waals surface area contributed by atoms with Crippen LogP contribution < -0.4 is 10.6 Å². The molecule has 25 heavy (non-hydrogen) atoms. The van der Waals surface area contributed by atoms with Gasteiger partial charge >= 0.3 is 0 Å². The Morgan fingerprint density at radius 3 is 2.48 bits per heavy atom. The van der Waals surface area contributed by atoms with Crippen molar-refractivity contribution in [3.63, 3.8) is 0 Å². The molecule has 2 saturated carbocycles. The van der Waals surface area contributed by atoms with Crippen LogP contribution in [0.1, 0.15) is 51.9 Å². The number of nitrogens with one attached hydrogen (secondary N) is 2. The predicted molar refractivity (Wildman–Crippen MR) is 119 cm³/mol. The summed E-state index contributed by atoms with van der Waals surface area (Å²) < 4.78 is 0. The largest absolute Gasteiger partial charge is 0.357 e. The zero-order chi connectivity index (χ0) is 17.6. The molecule has 5 nitrogen and oxygen atoms in total. The molecule has 2 aliphatic carbocycles. The van der Waals surface area contributed by atoms with Crippen molar-refractivity contribution >= 4 is 47.6 Å². The molecule has 0 saturated heterocycles. The van der Waals surface area contributed by atoms with Crippen molar-refractivity contribution in [2.75, 3.05) is 33.4 Å². The molecule has 0 bridgehead atoms. The number of carbonyl (C=O) groups excluding carboxylic acids is 1. The monoisotopic (exact) mass is 482 g/mol. The third kappa shape index (κ3) is 6.19. The number of hydrogen-bond acceptors (Lipinski definition) is 3. The van der Waals surface area contributed by atoms with E-state index in [2.05, 4.69) is 23.8 Å². The molecule has 146 valence electrons. The van der Waals surface area contributed by atoms with Crippen LogP contribution in [0.2, 0.25) is 0 Å². The number of carbonyl (C=O) groups is 1. The quantitative estimate of drug-likeness (QED) is 0.347. The first-order chi connectivity index (χ1) is 11.5. The standard InChI is InChI=1S/C18H34N4OS.HI/c1-5-19-17(21-14-8-9-15(12-14)24-4)20-13-18(10-6-7-11-18)16(23)22(2)3;/h14-15H,5-13H2,1-4H3,(H2,19,20,21);1H. The van der Waals surface area contributed by atoms with Crippen LogP contribution in [0.5, 0.6) is 0 Å². The van der Waals surface area contributed by atoms with Crippen LogP contribution in [0.4, 0.5) is 0 Å². The zero-order valence-corrected chi connectivity index (χ0v) is 19.3. The Labute approximate surface area is 174 Å². The number of amides is 1. The fourth-order valence-electron chi connectivity index (χ4n) is 3.99. The molecule has 1 amide bonds. The van der Waals surface area contributed by atoms with Crippen LogP contribution in [0.15, 0.2) is 4.99 Å². The van der Waals surface area contributed by atoms with Gasteiger partial charge < -0.3 is 15.5 Å². The maximum atomic E-state index is 12.7. The van der Waals surface area contributed by atoms with Crippen molar-refractivity contribution < 1.29 is 4.79 Å². The van der Waals surface area contributed by atoms with Gasteiger partial charge in [0.2, 0.25) is 5.91 Å². The van der Waals surface area contributed by atoms with Gasteiger partial charge in [0.25, 0.3) is 0 Å². The summed E-state index contributed by atoms with van der Waals surface area (Å²) in [5.74, 6) is 1.12. The summed E-state index contributed by atoms with van der Waals surface area (Å²) in [5.41, 5.74) is -0.288. The summed E-state index contributed by atoms with van der Waals surface area (Å²) in [6, 6.07) is 0.504. The number of thioether (sulfide) groups is 1. The molecule has 0 spiro atoms. The lowest BCUT2D eigenvalue weighted by Crippen LogP contribution is -2.45. The lowest BCUT2D eigenvalue weighted by atomic mass is 9.85. The van der Waals surface area contributed by atoms with Gasteiger partial charge in [0, 0.05) is 31.9 Å². The van der Waals surface area contributed by atoms with Gasteiger partial charge in [-0.15, -0.1) is 24.0 Å². The molecule has 2 atom stereocenters. The second-order valence-corrected chi connectivity index (χ2v) is 8.53. The lowest BCUT2D eigenvalue weighted by Gasteiger charge is -2.29. The number of guanidine groups is 1. The molecular weight excluding hydrogens is 447 g/mol. The van der Waals surface area contributed by atoms with Gasteiger partial charge in [-0.3, -0.25) is 9.79 Å². The van der Waals surface area contributed by atoms with Crippen LogP contribution in [0, 0.1) is 5.41 Å². The summed E-state index contributed by atoms with van der Waals surface area (Å²) in [4.78, 5) is 19.2. The van der Waals surface area contributed by atoms with Crippen LogP contribution in [-0.4, -0.2) is 61.5 Å². The summed E-state index contributed by atoms with van der Waals surface area (Å²) in [5, 5.41) is 7.72. The van der Waals surface area contributed by atoms with E-state index in [1.165, 1.54) is 19.3 Å². The highest BCUT2D eigenvalue weighted by Crippen LogP contribution is 2.39. The zero-order valence-electron chi connectivity index (χ0n) is 16.1. The third-order valence-electron chi connectivity index (χ3n) is 5.36. The van der Waals surface area contributed by atoms with E-state index in [9.17, 15) is 4.79 Å². The maximum absolute atomic E-state index is 12.7. The van der Waals surface area contributed by atoms with Gasteiger partial charge in [0.05, 0.1) is 12.0 Å². The average molecular weight is 482 g/mol. The highest BCUT2D eigenvalue weighted by molar-refractivity contribution is 14.0. The van der Waals surface area contributed by atoms with Gasteiger partial charge in [-0.25, -0.2) is 0 Å². The van der Waals surface area contributed by atoms with Crippen molar-refractivity contribution in [2.45, 2.75) is 63.2 Å². The molecule has 2 unspecified atom stereocenters. The van der Waals surface area contributed by atoms with Gasteiger partial charge in [-0.1, -0.05) is 12.8 Å². The average Bonchev–Trinajstić information content (AvgIpc) is 3.22. The normalized spacial score (nSPS) is 25.4. The van der Waals surface area contributed by atoms with E-state index in [1.54, 1.807) is 4.90 Å². The number of nitrogens with zero attached hydrogens (tertiary/aromatic N) is 2. The highest BCUT2D eigenvalue weighted by Gasteiger charge is 2.42. The Morgan fingerprint density at radius 2 is 1.96 bits per heavy atom. The van der Waals surface area contributed by atoms with Gasteiger partial charge in [0.15, 0.2) is 5.96 Å². The maximum Gasteiger partial charge on any atom is 0.230 e. The molecule has 0 aliphatic heterocycles. The number of rotatable bonds is 6. The SMILES string of the molecule is CCNC(=NCC1(C(=O)N(C)C)CCCC1)NC1CCC(SC)C1.I. The van der Waals surface area contributed by atoms with E-state index in [0.29, 0.717) is 12.6 Å². The minimum Gasteiger partial charge on any atom is -0.357 e. The first kappa shape index (κ1) is 22.9. The molecular formula is C18H35IN4OS. The molecule has 2 rings (SSSR count). The van der Waals surface area contributed by atoms with Crippen molar-refractivity contribution in [2.24, 2.45) is 10.4 Å². The second kappa shape index (κ2) is 10.8. The molecule has 0 heterocycles. The van der Waals surface area contributed by atoms with Crippen LogP contribution in [0.25, 0.3) is 0 Å². The van der Waals surface area contributed by atoms with Crippen LogP contribution in [0.3, 0.4) is 0 Å².